The number of likely N-dealkylation sites (tertiary alicyclic amines) is 1. The van der Waals surface area contributed by atoms with Crippen molar-refractivity contribution >= 4 is 5.91 Å². The number of carbonyl (C=O) groups is 1. The molecule has 2 saturated heterocycles. The third-order valence-corrected chi connectivity index (χ3v) is 5.26. The summed E-state index contributed by atoms with van der Waals surface area (Å²) in [6.07, 6.45) is 5.27. The Morgan fingerprint density at radius 3 is 2.77 bits per heavy atom. The summed E-state index contributed by atoms with van der Waals surface area (Å²) in [5.74, 6) is 0.606. The smallest absolute Gasteiger partial charge is 0.222 e. The molecule has 2 aromatic rings. The number of ether oxygens (including phenoxy) is 1. The fourth-order valence-corrected chi connectivity index (χ4v) is 4.03. The minimum atomic E-state index is 0.0535. The van der Waals surface area contributed by atoms with Crippen LogP contribution in [0.1, 0.15) is 24.0 Å². The van der Waals surface area contributed by atoms with Gasteiger partial charge in [-0.2, -0.15) is 0 Å². The first kappa shape index (κ1) is 17.2. The number of carbonyl (C=O) groups excluding carboxylic acids is 1. The van der Waals surface area contributed by atoms with E-state index < -0.39 is 0 Å². The van der Waals surface area contributed by atoms with Crippen LogP contribution in [0.2, 0.25) is 0 Å². The van der Waals surface area contributed by atoms with Crippen molar-refractivity contribution in [1.82, 2.24) is 15.2 Å². The Kier molecular flexibility index (Phi) is 5.27. The highest BCUT2D eigenvalue weighted by Gasteiger charge is 2.42. The molecular formula is C21H25N3O2. The summed E-state index contributed by atoms with van der Waals surface area (Å²) < 4.78 is 6.16. The van der Waals surface area contributed by atoms with Crippen LogP contribution in [-0.4, -0.2) is 41.1 Å². The molecule has 3 heterocycles. The van der Waals surface area contributed by atoms with Gasteiger partial charge in [0.2, 0.25) is 5.91 Å². The zero-order valence-corrected chi connectivity index (χ0v) is 14.9. The number of hydrogen-bond donors (Lipinski definition) is 1. The number of benzene rings is 1. The molecule has 0 spiro atoms. The molecule has 26 heavy (non-hydrogen) atoms. The van der Waals surface area contributed by atoms with Crippen LogP contribution in [0.25, 0.3) is 0 Å². The second-order valence-electron chi connectivity index (χ2n) is 7.31. The second kappa shape index (κ2) is 7.98. The molecule has 1 aromatic heterocycles. The van der Waals surface area contributed by atoms with E-state index in [1.54, 1.807) is 12.4 Å². The van der Waals surface area contributed by atoms with Crippen LogP contribution in [-0.2, 0) is 22.6 Å². The average Bonchev–Trinajstić information content (AvgIpc) is 3.19. The summed E-state index contributed by atoms with van der Waals surface area (Å²) in [4.78, 5) is 18.7. The molecule has 0 aliphatic carbocycles. The fraction of sp³-hybridized carbons (Fsp3) is 0.429. The van der Waals surface area contributed by atoms with Gasteiger partial charge < -0.3 is 10.1 Å². The number of hydrogen-bond acceptors (Lipinski definition) is 4. The molecule has 0 radical (unpaired) electrons. The zero-order valence-electron chi connectivity index (χ0n) is 14.9. The van der Waals surface area contributed by atoms with Gasteiger partial charge in [0, 0.05) is 44.5 Å². The third kappa shape index (κ3) is 4.29. The molecule has 0 unspecified atom stereocenters. The van der Waals surface area contributed by atoms with E-state index in [2.05, 4.69) is 45.5 Å². The van der Waals surface area contributed by atoms with Gasteiger partial charge in [0.05, 0.1) is 18.6 Å². The van der Waals surface area contributed by atoms with E-state index in [0.717, 1.165) is 31.6 Å². The summed E-state index contributed by atoms with van der Waals surface area (Å²) >= 11 is 0. The molecular weight excluding hydrogens is 326 g/mol. The van der Waals surface area contributed by atoms with Crippen LogP contribution in [0.3, 0.4) is 0 Å². The lowest BCUT2D eigenvalue weighted by Gasteiger charge is -2.19. The summed E-state index contributed by atoms with van der Waals surface area (Å²) in [7, 11) is 0. The van der Waals surface area contributed by atoms with Gasteiger partial charge in [0.25, 0.3) is 0 Å². The maximum atomic E-state index is 12.2. The van der Waals surface area contributed by atoms with E-state index in [0.29, 0.717) is 18.9 Å². The Morgan fingerprint density at radius 1 is 1.15 bits per heavy atom. The Hall–Kier alpha value is -2.24. The number of nitrogens with zero attached hydrogens (tertiary/aromatic N) is 2. The Bertz CT molecular complexity index is 709. The van der Waals surface area contributed by atoms with Gasteiger partial charge >= 0.3 is 0 Å². The lowest BCUT2D eigenvalue weighted by molar-refractivity contribution is -0.124. The molecule has 0 bridgehead atoms. The highest BCUT2D eigenvalue weighted by molar-refractivity contribution is 5.76. The molecule has 0 saturated carbocycles. The number of rotatable bonds is 6. The van der Waals surface area contributed by atoms with Crippen molar-refractivity contribution in [1.29, 1.82) is 0 Å². The SMILES string of the molecule is O=C(C[C@@H]1C[C@H]2CN(Cc3ccccc3)C[C@H]2O1)NCc1cccnc1. The summed E-state index contributed by atoms with van der Waals surface area (Å²) in [5, 5.41) is 2.96. The van der Waals surface area contributed by atoms with Crippen LogP contribution in [0.5, 0.6) is 0 Å². The van der Waals surface area contributed by atoms with Crippen molar-refractivity contribution in [3.05, 3.63) is 66.0 Å². The lowest BCUT2D eigenvalue weighted by atomic mass is 10.0. The van der Waals surface area contributed by atoms with Crippen molar-refractivity contribution in [3.63, 3.8) is 0 Å². The van der Waals surface area contributed by atoms with E-state index in [-0.39, 0.29) is 18.1 Å². The molecule has 4 rings (SSSR count). The standard InChI is InChI=1S/C21H25N3O2/c25-21(23-12-17-7-4-8-22-11-17)10-19-9-18-14-24(15-20(18)26-19)13-16-5-2-1-3-6-16/h1-8,11,18-20H,9-10,12-15H2,(H,23,25)/t18-,19-,20+/m0/s1. The quantitative estimate of drug-likeness (QED) is 0.868. The van der Waals surface area contributed by atoms with Gasteiger partial charge in [-0.3, -0.25) is 14.7 Å². The van der Waals surface area contributed by atoms with Crippen LogP contribution >= 0.6 is 0 Å². The van der Waals surface area contributed by atoms with Crippen LogP contribution in [0.15, 0.2) is 54.9 Å². The molecule has 2 aliphatic heterocycles. The largest absolute Gasteiger partial charge is 0.373 e. The summed E-state index contributed by atoms with van der Waals surface area (Å²) in [5.41, 5.74) is 2.36. The van der Waals surface area contributed by atoms with E-state index in [1.165, 1.54) is 5.56 Å². The Morgan fingerprint density at radius 2 is 2.00 bits per heavy atom. The molecule has 2 aliphatic rings. The molecule has 3 atom stereocenters. The van der Waals surface area contributed by atoms with Crippen LogP contribution in [0, 0.1) is 5.92 Å². The normalized spacial score (nSPS) is 25.2. The van der Waals surface area contributed by atoms with E-state index in [4.69, 9.17) is 4.74 Å². The summed E-state index contributed by atoms with van der Waals surface area (Å²) in [6, 6.07) is 14.4. The van der Waals surface area contributed by atoms with Crippen molar-refractivity contribution in [2.45, 2.75) is 38.1 Å². The van der Waals surface area contributed by atoms with Gasteiger partial charge in [0.15, 0.2) is 0 Å². The molecule has 5 heteroatoms. The minimum absolute atomic E-state index is 0.0535. The maximum absolute atomic E-state index is 12.2. The molecule has 1 aromatic carbocycles. The average molecular weight is 351 g/mol. The number of aromatic nitrogens is 1. The van der Waals surface area contributed by atoms with E-state index >= 15 is 0 Å². The van der Waals surface area contributed by atoms with Gasteiger partial charge in [-0.05, 0) is 23.6 Å². The predicted molar refractivity (Wildman–Crippen MR) is 99.2 cm³/mol. The monoisotopic (exact) mass is 351 g/mol. The van der Waals surface area contributed by atoms with Crippen molar-refractivity contribution < 1.29 is 9.53 Å². The highest BCUT2D eigenvalue weighted by atomic mass is 16.5. The molecule has 1 N–H and O–H groups in total. The number of amides is 1. The number of fused-ring (bicyclic) bond motifs is 1. The minimum Gasteiger partial charge on any atom is -0.373 e. The first-order valence-electron chi connectivity index (χ1n) is 9.33. The van der Waals surface area contributed by atoms with Gasteiger partial charge in [-0.1, -0.05) is 36.4 Å². The Balaban J connectivity index is 1.20. The molecule has 136 valence electrons. The van der Waals surface area contributed by atoms with Gasteiger partial charge in [-0.25, -0.2) is 0 Å². The number of nitrogens with one attached hydrogen (secondary N) is 1. The first-order valence-corrected chi connectivity index (χ1v) is 9.33. The van der Waals surface area contributed by atoms with E-state index in [9.17, 15) is 4.79 Å². The van der Waals surface area contributed by atoms with Gasteiger partial charge in [0.1, 0.15) is 0 Å². The predicted octanol–water partition coefficient (Wildman–Crippen LogP) is 2.38. The Labute approximate surface area is 154 Å². The first-order chi connectivity index (χ1) is 12.8. The zero-order chi connectivity index (χ0) is 17.8. The van der Waals surface area contributed by atoms with Gasteiger partial charge in [-0.15, -0.1) is 0 Å². The number of pyridine rings is 1. The summed E-state index contributed by atoms with van der Waals surface area (Å²) in [6.45, 7) is 3.53. The third-order valence-electron chi connectivity index (χ3n) is 5.26. The molecule has 1 amide bonds. The van der Waals surface area contributed by atoms with Crippen molar-refractivity contribution in [2.24, 2.45) is 5.92 Å². The maximum Gasteiger partial charge on any atom is 0.222 e. The molecule has 5 nitrogen and oxygen atoms in total. The van der Waals surface area contributed by atoms with E-state index in [1.807, 2.05) is 12.1 Å². The van der Waals surface area contributed by atoms with Crippen molar-refractivity contribution in [3.8, 4) is 0 Å². The second-order valence-corrected chi connectivity index (χ2v) is 7.31. The molecule has 2 fully saturated rings. The topological polar surface area (TPSA) is 54.5 Å². The van der Waals surface area contributed by atoms with Crippen LogP contribution in [0.4, 0.5) is 0 Å². The van der Waals surface area contributed by atoms with Crippen molar-refractivity contribution in [2.75, 3.05) is 13.1 Å². The lowest BCUT2D eigenvalue weighted by Crippen LogP contribution is -2.29. The van der Waals surface area contributed by atoms with Crippen LogP contribution < -0.4 is 5.32 Å². The fourth-order valence-electron chi connectivity index (χ4n) is 4.03. The highest BCUT2D eigenvalue weighted by Crippen LogP contribution is 2.34.